The van der Waals surface area contributed by atoms with Crippen LogP contribution in [0.4, 0.5) is 17.1 Å². The Morgan fingerprint density at radius 3 is 2.19 bits per heavy atom. The molecule has 1 fully saturated rings. The van der Waals surface area contributed by atoms with Gasteiger partial charge in [0.1, 0.15) is 0 Å². The zero-order valence-corrected chi connectivity index (χ0v) is 18.3. The number of nitrogens with one attached hydrogen (secondary N) is 2. The van der Waals surface area contributed by atoms with Crippen molar-refractivity contribution in [3.05, 3.63) is 84.4 Å². The number of hydrogen-bond acceptors (Lipinski definition) is 4. The fourth-order valence-corrected chi connectivity index (χ4v) is 4.44. The van der Waals surface area contributed by atoms with Crippen molar-refractivity contribution in [3.63, 3.8) is 0 Å². The van der Waals surface area contributed by atoms with Crippen molar-refractivity contribution < 1.29 is 18.0 Å². The molecule has 0 saturated heterocycles. The van der Waals surface area contributed by atoms with E-state index in [1.54, 1.807) is 60.7 Å². The third-order valence-electron chi connectivity index (χ3n) is 5.21. The molecule has 1 aliphatic carbocycles. The quantitative estimate of drug-likeness (QED) is 0.567. The van der Waals surface area contributed by atoms with Crippen LogP contribution in [0, 0.1) is 5.92 Å². The summed E-state index contributed by atoms with van der Waals surface area (Å²) in [5.41, 5.74) is 1.79. The van der Waals surface area contributed by atoms with E-state index in [0.717, 1.165) is 12.8 Å². The summed E-state index contributed by atoms with van der Waals surface area (Å²) in [6.45, 7) is 0. The van der Waals surface area contributed by atoms with Gasteiger partial charge >= 0.3 is 0 Å². The summed E-state index contributed by atoms with van der Waals surface area (Å²) in [6.07, 6.45) is 1.79. The van der Waals surface area contributed by atoms with Crippen LogP contribution < -0.4 is 14.9 Å². The highest BCUT2D eigenvalue weighted by atomic mass is 32.2. The van der Waals surface area contributed by atoms with Crippen LogP contribution in [-0.4, -0.2) is 27.3 Å². The van der Waals surface area contributed by atoms with Crippen LogP contribution in [0.3, 0.4) is 0 Å². The van der Waals surface area contributed by atoms with E-state index in [0.29, 0.717) is 22.6 Å². The van der Waals surface area contributed by atoms with Gasteiger partial charge in [-0.15, -0.1) is 0 Å². The predicted octanol–water partition coefficient (Wildman–Crippen LogP) is 4.11. The van der Waals surface area contributed by atoms with Crippen molar-refractivity contribution in [1.82, 2.24) is 0 Å². The van der Waals surface area contributed by atoms with Crippen molar-refractivity contribution >= 4 is 38.9 Å². The maximum atomic E-state index is 13.0. The monoisotopic (exact) mass is 449 g/mol. The Kier molecular flexibility index (Phi) is 5.96. The fourth-order valence-electron chi connectivity index (χ4n) is 3.20. The molecule has 0 aliphatic heterocycles. The summed E-state index contributed by atoms with van der Waals surface area (Å²) < 4.78 is 27.2. The molecule has 0 spiro atoms. The van der Waals surface area contributed by atoms with E-state index < -0.39 is 15.9 Å². The number of para-hydroxylation sites is 1. The second kappa shape index (κ2) is 8.84. The molecule has 7 nitrogen and oxygen atoms in total. The highest BCUT2D eigenvalue weighted by Gasteiger charge is 2.29. The third kappa shape index (κ3) is 4.81. The molecular weight excluding hydrogens is 426 g/mol. The van der Waals surface area contributed by atoms with Gasteiger partial charge in [-0.05, 0) is 61.4 Å². The number of benzene rings is 3. The number of nitrogens with zero attached hydrogens (tertiary/aromatic N) is 1. The second-order valence-electron chi connectivity index (χ2n) is 7.63. The van der Waals surface area contributed by atoms with E-state index in [4.69, 9.17) is 0 Å². The Labute approximate surface area is 187 Å². The molecule has 0 atom stereocenters. The third-order valence-corrected chi connectivity index (χ3v) is 6.99. The Balaban J connectivity index is 1.50. The van der Waals surface area contributed by atoms with Gasteiger partial charge in [0.05, 0.1) is 10.6 Å². The molecule has 0 heterocycles. The van der Waals surface area contributed by atoms with E-state index in [1.807, 2.05) is 6.07 Å². The van der Waals surface area contributed by atoms with Gasteiger partial charge in [0.2, 0.25) is 5.91 Å². The summed E-state index contributed by atoms with van der Waals surface area (Å²) >= 11 is 0. The minimum Gasteiger partial charge on any atom is -0.326 e. The Morgan fingerprint density at radius 1 is 0.844 bits per heavy atom. The van der Waals surface area contributed by atoms with Crippen LogP contribution in [0.1, 0.15) is 23.2 Å². The molecule has 0 unspecified atom stereocenters. The first-order valence-electron chi connectivity index (χ1n) is 10.2. The molecule has 1 saturated carbocycles. The Morgan fingerprint density at radius 2 is 1.50 bits per heavy atom. The molecule has 32 heavy (non-hydrogen) atoms. The number of amides is 2. The van der Waals surface area contributed by atoms with Gasteiger partial charge in [-0.1, -0.05) is 30.3 Å². The lowest BCUT2D eigenvalue weighted by Gasteiger charge is -2.20. The van der Waals surface area contributed by atoms with Crippen molar-refractivity contribution in [3.8, 4) is 0 Å². The molecular formula is C24H23N3O4S. The van der Waals surface area contributed by atoms with Gasteiger partial charge in [0, 0.05) is 29.9 Å². The number of carbonyl (C=O) groups excluding carboxylic acids is 2. The molecule has 1 aliphatic rings. The first-order valence-corrected chi connectivity index (χ1v) is 11.6. The molecule has 8 heteroatoms. The van der Waals surface area contributed by atoms with Gasteiger partial charge in [-0.2, -0.15) is 0 Å². The van der Waals surface area contributed by atoms with E-state index in [9.17, 15) is 18.0 Å². The lowest BCUT2D eigenvalue weighted by Crippen LogP contribution is -2.26. The summed E-state index contributed by atoms with van der Waals surface area (Å²) in [5, 5.41) is 5.55. The lowest BCUT2D eigenvalue weighted by molar-refractivity contribution is -0.117. The lowest BCUT2D eigenvalue weighted by atomic mass is 10.1. The highest BCUT2D eigenvalue weighted by Crippen LogP contribution is 2.30. The number of rotatable bonds is 7. The minimum absolute atomic E-state index is 0.0389. The molecule has 0 aromatic heterocycles. The Hall–Kier alpha value is -3.65. The van der Waals surface area contributed by atoms with Crippen LogP contribution in [0.5, 0.6) is 0 Å². The highest BCUT2D eigenvalue weighted by molar-refractivity contribution is 7.92. The van der Waals surface area contributed by atoms with Crippen molar-refractivity contribution in [1.29, 1.82) is 0 Å². The Bertz CT molecular complexity index is 1260. The minimum atomic E-state index is -3.80. The molecule has 0 radical (unpaired) electrons. The molecule has 3 aromatic rings. The van der Waals surface area contributed by atoms with Gasteiger partial charge in [-0.25, -0.2) is 8.42 Å². The van der Waals surface area contributed by atoms with Crippen LogP contribution >= 0.6 is 0 Å². The predicted molar refractivity (Wildman–Crippen MR) is 124 cm³/mol. The van der Waals surface area contributed by atoms with E-state index in [1.165, 1.54) is 23.5 Å². The first-order chi connectivity index (χ1) is 15.3. The SMILES string of the molecule is CN(c1ccccc1)S(=O)(=O)c1cccc(NC(=O)c2cccc(NC(=O)C3CC3)c2)c1. The van der Waals surface area contributed by atoms with Gasteiger partial charge < -0.3 is 10.6 Å². The van der Waals surface area contributed by atoms with Crippen molar-refractivity contribution in [2.24, 2.45) is 5.92 Å². The van der Waals surface area contributed by atoms with Crippen LogP contribution in [-0.2, 0) is 14.8 Å². The molecule has 2 amide bonds. The van der Waals surface area contributed by atoms with E-state index in [-0.39, 0.29) is 16.7 Å². The van der Waals surface area contributed by atoms with Crippen LogP contribution in [0.2, 0.25) is 0 Å². The molecule has 0 bridgehead atoms. The van der Waals surface area contributed by atoms with Gasteiger partial charge in [0.25, 0.3) is 15.9 Å². The van der Waals surface area contributed by atoms with Crippen LogP contribution in [0.15, 0.2) is 83.8 Å². The maximum absolute atomic E-state index is 13.0. The smallest absolute Gasteiger partial charge is 0.264 e. The van der Waals surface area contributed by atoms with E-state index in [2.05, 4.69) is 10.6 Å². The summed E-state index contributed by atoms with van der Waals surface area (Å²) in [6, 6.07) is 21.5. The zero-order valence-electron chi connectivity index (χ0n) is 17.5. The van der Waals surface area contributed by atoms with Crippen molar-refractivity contribution in [2.45, 2.75) is 17.7 Å². The largest absolute Gasteiger partial charge is 0.326 e. The molecule has 2 N–H and O–H groups in total. The number of sulfonamides is 1. The van der Waals surface area contributed by atoms with E-state index >= 15 is 0 Å². The van der Waals surface area contributed by atoms with Gasteiger partial charge in [-0.3, -0.25) is 13.9 Å². The topological polar surface area (TPSA) is 95.6 Å². The average molecular weight is 450 g/mol. The first kappa shape index (κ1) is 21.6. The van der Waals surface area contributed by atoms with Gasteiger partial charge in [0.15, 0.2) is 0 Å². The summed E-state index contributed by atoms with van der Waals surface area (Å²) in [5.74, 6) is -0.382. The molecule has 164 valence electrons. The standard InChI is InChI=1S/C24H23N3O4S/c1-27(21-10-3-2-4-11-21)32(30,31)22-12-6-9-20(16-22)26-24(29)18-7-5-8-19(15-18)25-23(28)17-13-14-17/h2-12,15-17H,13-14H2,1H3,(H,25,28)(H,26,29). The average Bonchev–Trinajstić information content (AvgIpc) is 3.65. The van der Waals surface area contributed by atoms with Crippen molar-refractivity contribution in [2.75, 3.05) is 22.0 Å². The number of hydrogen-bond donors (Lipinski definition) is 2. The normalized spacial score (nSPS) is 13.3. The maximum Gasteiger partial charge on any atom is 0.264 e. The summed E-state index contributed by atoms with van der Waals surface area (Å²) in [7, 11) is -2.32. The molecule has 3 aromatic carbocycles. The zero-order chi connectivity index (χ0) is 22.7. The summed E-state index contributed by atoms with van der Waals surface area (Å²) in [4.78, 5) is 24.8. The number of carbonyl (C=O) groups is 2. The van der Waals surface area contributed by atoms with Crippen LogP contribution in [0.25, 0.3) is 0 Å². The fraction of sp³-hybridized carbons (Fsp3) is 0.167. The molecule has 4 rings (SSSR count). The second-order valence-corrected chi connectivity index (χ2v) is 9.60. The number of anilines is 3.